The number of benzene rings is 1. The highest BCUT2D eigenvalue weighted by Gasteiger charge is 2.13. The zero-order chi connectivity index (χ0) is 16.1. The lowest BCUT2D eigenvalue weighted by Crippen LogP contribution is -2.11. The molecule has 1 aromatic carbocycles. The number of hydrogen-bond acceptors (Lipinski definition) is 3. The second-order valence-electron chi connectivity index (χ2n) is 5.79. The van der Waals surface area contributed by atoms with Crippen LogP contribution in [0.25, 0.3) is 33.1 Å². The van der Waals surface area contributed by atoms with E-state index in [9.17, 15) is 4.79 Å². The summed E-state index contributed by atoms with van der Waals surface area (Å²) in [4.78, 5) is 19.4. The number of fused-ring (bicyclic) bond motifs is 3. The number of nitrogens with one attached hydrogen (secondary N) is 1. The first-order chi connectivity index (χ1) is 11.1. The van der Waals surface area contributed by atoms with Crippen LogP contribution in [-0.2, 0) is 20.5 Å². The summed E-state index contributed by atoms with van der Waals surface area (Å²) < 4.78 is 3.38. The molecule has 3 heterocycles. The quantitative estimate of drug-likeness (QED) is 0.618. The molecule has 1 N–H and O–H groups in total. The number of imidazole rings is 1. The summed E-state index contributed by atoms with van der Waals surface area (Å²) in [5.41, 5.74) is 5.82. The van der Waals surface area contributed by atoms with E-state index in [4.69, 9.17) is 0 Å². The third kappa shape index (κ3) is 1.98. The number of aromatic nitrogens is 5. The van der Waals surface area contributed by atoms with Crippen LogP contribution < -0.4 is 5.69 Å². The minimum atomic E-state index is -0.128. The van der Waals surface area contributed by atoms with Gasteiger partial charge in [0, 0.05) is 31.2 Å². The zero-order valence-corrected chi connectivity index (χ0v) is 13.3. The predicted octanol–water partition coefficient (Wildman–Crippen LogP) is 2.38. The van der Waals surface area contributed by atoms with Crippen LogP contribution in [0.1, 0.15) is 12.5 Å². The first kappa shape index (κ1) is 13.8. The average Bonchev–Trinajstić information content (AvgIpc) is 3.10. The number of pyridine rings is 1. The fourth-order valence-corrected chi connectivity index (χ4v) is 3.08. The molecule has 0 saturated carbocycles. The van der Waals surface area contributed by atoms with Gasteiger partial charge in [0.05, 0.1) is 28.9 Å². The van der Waals surface area contributed by atoms with Crippen molar-refractivity contribution < 1.29 is 0 Å². The van der Waals surface area contributed by atoms with E-state index >= 15 is 0 Å². The lowest BCUT2D eigenvalue weighted by Gasteiger charge is -2.09. The van der Waals surface area contributed by atoms with Crippen LogP contribution in [0.4, 0.5) is 0 Å². The van der Waals surface area contributed by atoms with Crippen molar-refractivity contribution in [2.24, 2.45) is 14.1 Å². The number of aryl methyl sites for hydroxylation is 3. The summed E-state index contributed by atoms with van der Waals surface area (Å²) in [6.45, 7) is 2.13. The van der Waals surface area contributed by atoms with Gasteiger partial charge in [0.15, 0.2) is 0 Å². The summed E-state index contributed by atoms with van der Waals surface area (Å²) >= 11 is 0. The minimum Gasteiger partial charge on any atom is -0.305 e. The number of aromatic amines is 1. The Hall–Kier alpha value is -2.89. The molecule has 0 aliphatic carbocycles. The fourth-order valence-electron chi connectivity index (χ4n) is 3.08. The highest BCUT2D eigenvalue weighted by Crippen LogP contribution is 2.31. The van der Waals surface area contributed by atoms with Crippen LogP contribution in [0.5, 0.6) is 0 Å². The van der Waals surface area contributed by atoms with Crippen molar-refractivity contribution in [3.05, 3.63) is 46.8 Å². The molecule has 0 bridgehead atoms. The van der Waals surface area contributed by atoms with Crippen LogP contribution in [0.2, 0.25) is 0 Å². The molecule has 0 unspecified atom stereocenters. The van der Waals surface area contributed by atoms with Gasteiger partial charge in [-0.25, -0.2) is 4.79 Å². The van der Waals surface area contributed by atoms with Gasteiger partial charge in [-0.1, -0.05) is 6.92 Å². The molecule has 0 fully saturated rings. The maximum atomic E-state index is 11.9. The molecular formula is C17H17N5O. The van der Waals surface area contributed by atoms with Crippen molar-refractivity contribution >= 4 is 21.9 Å². The predicted molar refractivity (Wildman–Crippen MR) is 90.4 cm³/mol. The van der Waals surface area contributed by atoms with Gasteiger partial charge in [-0.05, 0) is 29.7 Å². The van der Waals surface area contributed by atoms with Crippen LogP contribution >= 0.6 is 0 Å². The van der Waals surface area contributed by atoms with E-state index in [1.54, 1.807) is 22.5 Å². The molecule has 6 nitrogen and oxygen atoms in total. The normalized spacial score (nSPS) is 11.6. The summed E-state index contributed by atoms with van der Waals surface area (Å²) in [6, 6.07) is 4.21. The summed E-state index contributed by atoms with van der Waals surface area (Å²) in [7, 11) is 3.65. The molecule has 23 heavy (non-hydrogen) atoms. The van der Waals surface area contributed by atoms with E-state index in [0.717, 1.165) is 39.5 Å². The Labute approximate surface area is 132 Å². The molecule has 4 rings (SSSR count). The molecule has 0 aliphatic rings. The van der Waals surface area contributed by atoms with Crippen molar-refractivity contribution in [2.75, 3.05) is 0 Å². The lowest BCUT2D eigenvalue weighted by atomic mass is 9.97. The molecule has 0 spiro atoms. The summed E-state index contributed by atoms with van der Waals surface area (Å²) in [6.07, 6.45) is 6.52. The number of rotatable bonds is 2. The molecule has 6 heteroatoms. The van der Waals surface area contributed by atoms with Crippen LogP contribution in [0, 0.1) is 0 Å². The smallest absolute Gasteiger partial charge is 0.305 e. The minimum absolute atomic E-state index is 0.128. The lowest BCUT2D eigenvalue weighted by molar-refractivity contribution is 0.768. The highest BCUT2D eigenvalue weighted by molar-refractivity contribution is 6.04. The van der Waals surface area contributed by atoms with Crippen LogP contribution in [-0.4, -0.2) is 24.3 Å². The Balaban J connectivity index is 2.11. The average molecular weight is 307 g/mol. The van der Waals surface area contributed by atoms with Crippen molar-refractivity contribution in [3.63, 3.8) is 0 Å². The van der Waals surface area contributed by atoms with E-state index in [0.29, 0.717) is 0 Å². The molecular weight excluding hydrogens is 290 g/mol. The first-order valence-electron chi connectivity index (χ1n) is 7.58. The second kappa shape index (κ2) is 4.81. The standard InChI is InChI=1S/C17H17N5O/c1-4-10-5-14-13(6-12(10)11-7-19-21(2)9-11)16-15(8-18-14)22(3)17(23)20-16/h5-9H,4H2,1-3H3,(H,20,23). The topological polar surface area (TPSA) is 68.5 Å². The highest BCUT2D eigenvalue weighted by atomic mass is 16.1. The molecule has 4 aromatic rings. The molecule has 116 valence electrons. The van der Waals surface area contributed by atoms with Crippen molar-refractivity contribution in [1.82, 2.24) is 24.3 Å². The van der Waals surface area contributed by atoms with Crippen molar-refractivity contribution in [1.29, 1.82) is 0 Å². The van der Waals surface area contributed by atoms with Crippen LogP contribution in [0.15, 0.2) is 35.5 Å². The maximum absolute atomic E-state index is 11.9. The van der Waals surface area contributed by atoms with Gasteiger partial charge in [0.2, 0.25) is 0 Å². The maximum Gasteiger partial charge on any atom is 0.326 e. The van der Waals surface area contributed by atoms with Gasteiger partial charge in [0.1, 0.15) is 0 Å². The van der Waals surface area contributed by atoms with Gasteiger partial charge in [-0.3, -0.25) is 14.2 Å². The number of H-pyrrole nitrogens is 1. The summed E-state index contributed by atoms with van der Waals surface area (Å²) in [5.74, 6) is 0. The van der Waals surface area contributed by atoms with Gasteiger partial charge in [-0.15, -0.1) is 0 Å². The van der Waals surface area contributed by atoms with Crippen molar-refractivity contribution in [2.45, 2.75) is 13.3 Å². The Morgan fingerprint density at radius 3 is 2.74 bits per heavy atom. The van der Waals surface area contributed by atoms with E-state index in [-0.39, 0.29) is 5.69 Å². The fraction of sp³-hybridized carbons (Fsp3) is 0.235. The number of nitrogens with zero attached hydrogens (tertiary/aromatic N) is 4. The Kier molecular flexibility index (Phi) is 2.87. The van der Waals surface area contributed by atoms with E-state index in [2.05, 4.69) is 34.1 Å². The first-order valence-corrected chi connectivity index (χ1v) is 7.58. The van der Waals surface area contributed by atoms with Gasteiger partial charge < -0.3 is 4.98 Å². The Morgan fingerprint density at radius 2 is 2.04 bits per heavy atom. The Bertz CT molecular complexity index is 1100. The number of hydrogen-bond donors (Lipinski definition) is 1. The molecule has 0 atom stereocenters. The van der Waals surface area contributed by atoms with Crippen LogP contribution in [0.3, 0.4) is 0 Å². The molecule has 3 aromatic heterocycles. The third-order valence-electron chi connectivity index (χ3n) is 4.37. The van der Waals surface area contributed by atoms with Gasteiger partial charge >= 0.3 is 5.69 Å². The van der Waals surface area contributed by atoms with E-state index in [1.807, 2.05) is 19.4 Å². The summed E-state index contributed by atoms with van der Waals surface area (Å²) in [5, 5.41) is 5.22. The molecule has 0 radical (unpaired) electrons. The largest absolute Gasteiger partial charge is 0.326 e. The van der Waals surface area contributed by atoms with E-state index < -0.39 is 0 Å². The monoisotopic (exact) mass is 307 g/mol. The second-order valence-corrected chi connectivity index (χ2v) is 5.79. The SMILES string of the molecule is CCc1cc2ncc3c([nH]c(=O)n3C)c2cc1-c1cnn(C)c1. The van der Waals surface area contributed by atoms with Gasteiger partial charge in [-0.2, -0.15) is 5.10 Å². The van der Waals surface area contributed by atoms with Gasteiger partial charge in [0.25, 0.3) is 0 Å². The third-order valence-corrected chi connectivity index (χ3v) is 4.37. The Morgan fingerprint density at radius 1 is 1.22 bits per heavy atom. The molecule has 0 amide bonds. The van der Waals surface area contributed by atoms with Crippen molar-refractivity contribution in [3.8, 4) is 11.1 Å². The van der Waals surface area contributed by atoms with E-state index in [1.165, 1.54) is 5.56 Å². The zero-order valence-electron chi connectivity index (χ0n) is 13.3. The molecule has 0 aliphatic heterocycles. The molecule has 0 saturated heterocycles.